The molecule has 0 bridgehead atoms. The Morgan fingerprint density at radius 3 is 2.17 bits per heavy atom. The number of aliphatic hydroxyl groups excluding tert-OH is 1. The van der Waals surface area contributed by atoms with E-state index in [1.165, 1.54) is 43.1 Å². The summed E-state index contributed by atoms with van der Waals surface area (Å²) in [5.41, 5.74) is 5.46. The second kappa shape index (κ2) is 21.5. The molecule has 0 aliphatic carbocycles. The number of ether oxygens (including phenoxy) is 2. The highest BCUT2D eigenvalue weighted by Gasteiger charge is 2.29. The van der Waals surface area contributed by atoms with Crippen molar-refractivity contribution in [2.45, 2.75) is 129 Å². The third-order valence-corrected chi connectivity index (χ3v) is 8.46. The van der Waals surface area contributed by atoms with E-state index in [9.17, 15) is 33.7 Å². The van der Waals surface area contributed by atoms with Crippen molar-refractivity contribution >= 4 is 44.1 Å². The van der Waals surface area contributed by atoms with Crippen molar-refractivity contribution in [2.24, 2.45) is 0 Å². The van der Waals surface area contributed by atoms with Gasteiger partial charge < -0.3 is 39.6 Å². The standard InChI is InChI=1S/C30H51N5O9P2/c1-3-5-6-7-8-9-10-11-12-13-14-15-16-17-18-19-25(37)44-24(4-2)28-32-26-27(31)33-30(45(38)39)34-29(26)35(28)20-23(21-36)43-22-46(40,41)42/h11-12,23-24,36H,3-10,13-22H2,1-2H3,(H2,31,33,34)(H2,40,41,42). The molecule has 2 aromatic heterocycles. The number of unbranched alkanes of at least 4 members (excludes halogenated alkanes) is 11. The average molecular weight is 688 g/mol. The summed E-state index contributed by atoms with van der Waals surface area (Å²) in [5, 5.41) is 9.83. The highest BCUT2D eigenvalue weighted by molar-refractivity contribution is 7.51. The molecule has 0 amide bonds. The maximum absolute atomic E-state index is 12.8. The van der Waals surface area contributed by atoms with Gasteiger partial charge in [0.2, 0.25) is 0 Å². The molecule has 0 aliphatic rings. The lowest BCUT2D eigenvalue weighted by Gasteiger charge is -2.21. The van der Waals surface area contributed by atoms with Gasteiger partial charge in [0.25, 0.3) is 0 Å². The smallest absolute Gasteiger partial charge is 0.391 e. The summed E-state index contributed by atoms with van der Waals surface area (Å²) in [7, 11) is -7.75. The van der Waals surface area contributed by atoms with E-state index in [-0.39, 0.29) is 35.8 Å². The van der Waals surface area contributed by atoms with Crippen LogP contribution in [0.3, 0.4) is 0 Å². The average Bonchev–Trinajstić information content (AvgIpc) is 3.37. The van der Waals surface area contributed by atoms with Crippen LogP contribution >= 0.6 is 15.6 Å². The SMILES string of the molecule is CCCCCCCCC=CCCCCCCCC(=O)OC(CC)c1nc2c(N)nc([P+](=O)[O-])nc2n1CC(CO)OCP(=O)(O)O. The Bertz CT molecular complexity index is 1300. The van der Waals surface area contributed by atoms with Crippen LogP contribution in [-0.4, -0.2) is 59.4 Å². The van der Waals surface area contributed by atoms with E-state index in [0.29, 0.717) is 12.8 Å². The first-order valence-corrected chi connectivity index (χ1v) is 19.3. The number of nitrogens with two attached hydrogens (primary N) is 1. The number of fused-ring (bicyclic) bond motifs is 1. The molecule has 0 saturated carbocycles. The van der Waals surface area contributed by atoms with Gasteiger partial charge in [-0.1, -0.05) is 81.9 Å². The van der Waals surface area contributed by atoms with Gasteiger partial charge in [-0.2, -0.15) is 9.97 Å². The molecule has 0 fully saturated rings. The minimum absolute atomic E-state index is 0.0123. The molecule has 0 aromatic carbocycles. The molecule has 0 radical (unpaired) electrons. The van der Waals surface area contributed by atoms with Crippen molar-refractivity contribution < 1.29 is 43.2 Å². The van der Waals surface area contributed by atoms with Gasteiger partial charge in [-0.25, -0.2) is 4.98 Å². The van der Waals surface area contributed by atoms with Gasteiger partial charge in [0.05, 0.1) is 19.3 Å². The second-order valence-electron chi connectivity index (χ2n) is 11.4. The fourth-order valence-electron chi connectivity index (χ4n) is 4.98. The molecule has 0 spiro atoms. The molecular weight excluding hydrogens is 636 g/mol. The summed E-state index contributed by atoms with van der Waals surface area (Å²) < 4.78 is 35.3. The summed E-state index contributed by atoms with van der Waals surface area (Å²) >= 11 is 0. The van der Waals surface area contributed by atoms with Crippen molar-refractivity contribution in [3.63, 3.8) is 0 Å². The molecular formula is C30H51N5O9P2. The highest BCUT2D eigenvalue weighted by atomic mass is 31.2. The fourth-order valence-corrected chi connectivity index (χ4v) is 5.75. The van der Waals surface area contributed by atoms with E-state index >= 15 is 0 Å². The molecule has 3 atom stereocenters. The highest BCUT2D eigenvalue weighted by Crippen LogP contribution is 2.35. The van der Waals surface area contributed by atoms with Gasteiger partial charge in [-0.15, -0.1) is 0 Å². The molecule has 14 nitrogen and oxygen atoms in total. The van der Waals surface area contributed by atoms with E-state index in [0.717, 1.165) is 38.5 Å². The number of aromatic nitrogens is 4. The van der Waals surface area contributed by atoms with Crippen molar-refractivity contribution in [1.29, 1.82) is 0 Å². The van der Waals surface area contributed by atoms with Gasteiger partial charge in [0.15, 0.2) is 28.9 Å². The summed E-state index contributed by atoms with van der Waals surface area (Å²) in [4.78, 5) is 55.1. The molecule has 2 rings (SSSR count). The number of rotatable bonds is 25. The topological polar surface area (TPSA) is 223 Å². The van der Waals surface area contributed by atoms with Gasteiger partial charge in [-0.05, 0) is 38.5 Å². The zero-order valence-corrected chi connectivity index (χ0v) is 28.9. The Hall–Kier alpha value is -2.31. The van der Waals surface area contributed by atoms with Crippen molar-refractivity contribution in [3.05, 3.63) is 18.0 Å². The lowest BCUT2D eigenvalue weighted by atomic mass is 10.1. The monoisotopic (exact) mass is 687 g/mol. The quantitative estimate of drug-likeness (QED) is 0.0482. The molecule has 260 valence electrons. The summed E-state index contributed by atoms with van der Waals surface area (Å²) in [6.07, 6.45) is 17.0. The van der Waals surface area contributed by atoms with Crippen LogP contribution in [0.5, 0.6) is 0 Å². The Labute approximate surface area is 272 Å². The minimum Gasteiger partial charge on any atom is -0.588 e. The van der Waals surface area contributed by atoms with Crippen LogP contribution < -0.4 is 16.2 Å². The van der Waals surface area contributed by atoms with Crippen LogP contribution in [0, 0.1) is 0 Å². The molecule has 5 N–H and O–H groups in total. The van der Waals surface area contributed by atoms with E-state index in [1.54, 1.807) is 6.92 Å². The summed E-state index contributed by atoms with van der Waals surface area (Å²) in [5.74, 6) is -0.486. The number of nitrogen functional groups attached to an aromatic ring is 1. The Morgan fingerprint density at radius 2 is 1.61 bits per heavy atom. The molecule has 46 heavy (non-hydrogen) atoms. The lowest BCUT2D eigenvalue weighted by Crippen LogP contribution is -2.27. The molecule has 2 heterocycles. The normalized spacial score (nSPS) is 13.8. The number of anilines is 1. The molecule has 0 aliphatic heterocycles. The maximum atomic E-state index is 12.8. The van der Waals surface area contributed by atoms with Crippen molar-refractivity contribution in [2.75, 3.05) is 18.7 Å². The summed E-state index contributed by atoms with van der Waals surface area (Å²) in [6.45, 7) is 3.13. The zero-order valence-electron chi connectivity index (χ0n) is 27.1. The fraction of sp³-hybridized carbons (Fsp3) is 0.733. The van der Waals surface area contributed by atoms with E-state index < -0.39 is 52.3 Å². The number of carbonyl (C=O) groups is 1. The zero-order chi connectivity index (χ0) is 34.0. The Morgan fingerprint density at radius 1 is 1.00 bits per heavy atom. The Balaban J connectivity index is 1.94. The lowest BCUT2D eigenvalue weighted by molar-refractivity contribution is -0.161. The number of esters is 1. The minimum atomic E-state index is -4.54. The number of imidazole rings is 1. The third kappa shape index (κ3) is 14.6. The number of allylic oxidation sites excluding steroid dienone is 2. The number of aliphatic hydroxyl groups is 1. The van der Waals surface area contributed by atoms with E-state index in [4.69, 9.17) is 15.2 Å². The number of hydrogen-bond acceptors (Lipinski definition) is 11. The first-order valence-electron chi connectivity index (χ1n) is 16.3. The summed E-state index contributed by atoms with van der Waals surface area (Å²) in [6, 6.07) is 0. The molecule has 3 unspecified atom stereocenters. The van der Waals surface area contributed by atoms with Crippen LogP contribution in [0.15, 0.2) is 12.2 Å². The van der Waals surface area contributed by atoms with Crippen LogP contribution in [0.4, 0.5) is 5.82 Å². The van der Waals surface area contributed by atoms with Crippen molar-refractivity contribution in [1.82, 2.24) is 19.5 Å². The van der Waals surface area contributed by atoms with Crippen LogP contribution in [0.2, 0.25) is 0 Å². The maximum Gasteiger partial charge on any atom is 0.391 e. The molecule has 16 heteroatoms. The predicted molar refractivity (Wildman–Crippen MR) is 174 cm³/mol. The van der Waals surface area contributed by atoms with E-state index in [2.05, 4.69) is 34.0 Å². The van der Waals surface area contributed by atoms with E-state index in [1.807, 2.05) is 0 Å². The second-order valence-corrected chi connectivity index (χ2v) is 13.9. The largest absolute Gasteiger partial charge is 0.588 e. The van der Waals surface area contributed by atoms with Crippen molar-refractivity contribution in [3.8, 4) is 0 Å². The predicted octanol–water partition coefficient (Wildman–Crippen LogP) is 4.68. The third-order valence-electron chi connectivity index (χ3n) is 7.45. The number of hydrogen-bond donors (Lipinski definition) is 4. The Kier molecular flexibility index (Phi) is 18.7. The van der Waals surface area contributed by atoms with Crippen LogP contribution in [0.25, 0.3) is 11.2 Å². The van der Waals surface area contributed by atoms with Gasteiger partial charge >= 0.3 is 27.2 Å². The first kappa shape index (κ1) is 39.9. The number of carbonyl (C=O) groups excluding carboxylic acids is 1. The number of nitrogens with zero attached hydrogens (tertiary/aromatic N) is 4. The first-order chi connectivity index (χ1) is 22.0. The van der Waals surface area contributed by atoms with Crippen LogP contribution in [0.1, 0.15) is 122 Å². The van der Waals surface area contributed by atoms with Crippen LogP contribution in [-0.2, 0) is 29.9 Å². The molecule has 2 aromatic rings. The molecule has 0 saturated heterocycles. The van der Waals surface area contributed by atoms with Gasteiger partial charge in [0.1, 0.15) is 6.35 Å². The van der Waals surface area contributed by atoms with Gasteiger partial charge in [0, 0.05) is 6.42 Å². The van der Waals surface area contributed by atoms with Gasteiger partial charge in [-0.3, -0.25) is 9.36 Å².